The molecule has 6 rings (SSSR count). The van der Waals surface area contributed by atoms with Crippen LogP contribution in [0.2, 0.25) is 0 Å². The molecular formula is C32H28N2O6. The van der Waals surface area contributed by atoms with Gasteiger partial charge in [-0.2, -0.15) is 0 Å². The van der Waals surface area contributed by atoms with Crippen LogP contribution >= 0.6 is 0 Å². The summed E-state index contributed by atoms with van der Waals surface area (Å²) in [6, 6.07) is 19.3. The van der Waals surface area contributed by atoms with Gasteiger partial charge < -0.3 is 14.5 Å². The Morgan fingerprint density at radius 2 is 1.90 bits per heavy atom. The van der Waals surface area contributed by atoms with E-state index >= 15 is 0 Å². The van der Waals surface area contributed by atoms with E-state index in [0.29, 0.717) is 17.8 Å². The summed E-state index contributed by atoms with van der Waals surface area (Å²) >= 11 is 0. The van der Waals surface area contributed by atoms with Crippen LogP contribution < -0.4 is 5.32 Å². The average Bonchev–Trinajstić information content (AvgIpc) is 3.41. The summed E-state index contributed by atoms with van der Waals surface area (Å²) in [5.41, 5.74) is 3.51. The van der Waals surface area contributed by atoms with Crippen LogP contribution in [0, 0.1) is 15.5 Å². The number of ether oxygens (including phenoxy) is 1. The van der Waals surface area contributed by atoms with E-state index in [4.69, 9.17) is 9.15 Å². The van der Waals surface area contributed by atoms with Crippen LogP contribution in [0.1, 0.15) is 61.3 Å². The van der Waals surface area contributed by atoms with Crippen LogP contribution in [0.25, 0.3) is 27.7 Å². The highest BCUT2D eigenvalue weighted by molar-refractivity contribution is 6.12. The Morgan fingerprint density at radius 3 is 2.67 bits per heavy atom. The molecule has 1 aliphatic heterocycles. The van der Waals surface area contributed by atoms with Crippen molar-refractivity contribution in [2.24, 2.45) is 5.41 Å². The van der Waals surface area contributed by atoms with E-state index < -0.39 is 16.9 Å². The number of anilines is 1. The topological polar surface area (TPSA) is 112 Å². The van der Waals surface area contributed by atoms with Gasteiger partial charge >= 0.3 is 5.97 Å². The second kappa shape index (κ2) is 9.48. The maximum absolute atomic E-state index is 13.7. The fourth-order valence-corrected chi connectivity index (χ4v) is 5.94. The zero-order valence-electron chi connectivity index (χ0n) is 22.4. The molecule has 0 bridgehead atoms. The van der Waals surface area contributed by atoms with E-state index in [0.717, 1.165) is 34.0 Å². The van der Waals surface area contributed by atoms with Gasteiger partial charge in [0.1, 0.15) is 17.6 Å². The quantitative estimate of drug-likeness (QED) is 0.160. The molecule has 1 aromatic heterocycles. The number of esters is 1. The molecule has 1 aliphatic carbocycles. The molecule has 4 aromatic rings. The van der Waals surface area contributed by atoms with Gasteiger partial charge in [-0.05, 0) is 65.4 Å². The van der Waals surface area contributed by atoms with Crippen molar-refractivity contribution in [2.45, 2.75) is 39.7 Å². The molecule has 40 heavy (non-hydrogen) atoms. The minimum absolute atomic E-state index is 0.0602. The predicted molar refractivity (Wildman–Crippen MR) is 152 cm³/mol. The van der Waals surface area contributed by atoms with Gasteiger partial charge in [0.2, 0.25) is 0 Å². The first-order valence-corrected chi connectivity index (χ1v) is 13.3. The fourth-order valence-electron chi connectivity index (χ4n) is 5.94. The summed E-state index contributed by atoms with van der Waals surface area (Å²) in [4.78, 5) is 37.2. The summed E-state index contributed by atoms with van der Waals surface area (Å²) < 4.78 is 11.2. The van der Waals surface area contributed by atoms with Crippen molar-refractivity contribution in [2.75, 3.05) is 11.9 Å². The van der Waals surface area contributed by atoms with Crippen molar-refractivity contribution in [3.8, 4) is 11.3 Å². The third-order valence-electron chi connectivity index (χ3n) is 7.62. The van der Waals surface area contributed by atoms with Gasteiger partial charge in [-0.25, -0.2) is 4.79 Å². The number of Topliss-reactive ketones (excluding diaryl/α,β-unsaturated/α-hetero) is 1. The molecule has 3 aromatic carbocycles. The number of furan rings is 1. The third-order valence-corrected chi connectivity index (χ3v) is 7.62. The molecule has 8 nitrogen and oxygen atoms in total. The lowest BCUT2D eigenvalue weighted by molar-refractivity contribution is -0.384. The van der Waals surface area contributed by atoms with E-state index in [-0.39, 0.29) is 40.4 Å². The zero-order valence-corrected chi connectivity index (χ0v) is 22.4. The molecule has 0 saturated heterocycles. The molecule has 1 N–H and O–H groups in total. The van der Waals surface area contributed by atoms with E-state index in [9.17, 15) is 19.7 Å². The largest absolute Gasteiger partial charge is 0.462 e. The van der Waals surface area contributed by atoms with Crippen LogP contribution in [0.15, 0.2) is 76.7 Å². The van der Waals surface area contributed by atoms with Crippen molar-refractivity contribution < 1.29 is 23.7 Å². The lowest BCUT2D eigenvalue weighted by Crippen LogP contribution is -2.33. The fraction of sp³-hybridized carbons (Fsp3) is 0.250. The minimum Gasteiger partial charge on any atom is -0.462 e. The molecule has 0 spiro atoms. The number of nitro groups is 1. The van der Waals surface area contributed by atoms with Crippen LogP contribution in [-0.2, 0) is 9.53 Å². The SMILES string of the molecule is CCOC(=O)c1ccc(-c2ccc([C@H]3Nc4ccc5ccccc5c4C4=C3C(=O)CC(C)(C)C4)o2)c([N+](=O)[O-])c1. The molecule has 0 unspecified atom stereocenters. The third kappa shape index (κ3) is 4.25. The molecule has 2 aliphatic rings. The van der Waals surface area contributed by atoms with E-state index in [1.54, 1.807) is 19.1 Å². The Kier molecular flexibility index (Phi) is 6.06. The number of ketones is 1. The molecule has 0 amide bonds. The summed E-state index contributed by atoms with van der Waals surface area (Å²) in [6.07, 6.45) is 1.15. The van der Waals surface area contributed by atoms with Gasteiger partial charge in [-0.3, -0.25) is 14.9 Å². The van der Waals surface area contributed by atoms with Crippen LogP contribution in [0.5, 0.6) is 0 Å². The maximum atomic E-state index is 13.7. The van der Waals surface area contributed by atoms with E-state index in [1.165, 1.54) is 18.2 Å². The van der Waals surface area contributed by atoms with Crippen molar-refractivity contribution in [1.82, 2.24) is 0 Å². The second-order valence-corrected chi connectivity index (χ2v) is 11.0. The Bertz CT molecular complexity index is 1750. The number of hydrogen-bond acceptors (Lipinski definition) is 7. The lowest BCUT2D eigenvalue weighted by atomic mass is 9.68. The molecule has 1 atom stereocenters. The standard InChI is InChI=1S/C32H28N2O6/c1-4-39-31(36)19-9-11-21(24(15-19)34(37)38)26-13-14-27(40-26)30-29-22(16-32(2,3)17-25(29)35)28-20-8-6-5-7-18(20)10-12-23(28)33-30/h5-15,30,33H,4,16-17H2,1-3H3/t30-/m1/s1. The minimum atomic E-state index is -0.631. The van der Waals surface area contributed by atoms with Crippen molar-refractivity contribution >= 4 is 39.5 Å². The number of nitrogens with zero attached hydrogens (tertiary/aromatic N) is 1. The second-order valence-electron chi connectivity index (χ2n) is 11.0. The van der Waals surface area contributed by atoms with Gasteiger partial charge in [-0.15, -0.1) is 0 Å². The number of benzene rings is 3. The predicted octanol–water partition coefficient (Wildman–Crippen LogP) is 7.49. The van der Waals surface area contributed by atoms with Gasteiger partial charge in [-0.1, -0.05) is 44.2 Å². The summed E-state index contributed by atoms with van der Waals surface area (Å²) in [6.45, 7) is 6.06. The molecule has 0 fully saturated rings. The summed E-state index contributed by atoms with van der Waals surface area (Å²) in [5, 5.41) is 17.6. The zero-order chi connectivity index (χ0) is 28.2. The highest BCUT2D eigenvalue weighted by atomic mass is 16.6. The monoisotopic (exact) mass is 536 g/mol. The van der Waals surface area contributed by atoms with Crippen molar-refractivity contribution in [3.63, 3.8) is 0 Å². The molecule has 202 valence electrons. The highest BCUT2D eigenvalue weighted by Gasteiger charge is 2.42. The van der Waals surface area contributed by atoms with Crippen molar-refractivity contribution in [1.29, 1.82) is 0 Å². The Balaban J connectivity index is 1.46. The van der Waals surface area contributed by atoms with Crippen LogP contribution in [0.4, 0.5) is 11.4 Å². The Morgan fingerprint density at radius 1 is 1.10 bits per heavy atom. The summed E-state index contributed by atoms with van der Waals surface area (Å²) in [7, 11) is 0. The van der Waals surface area contributed by atoms with Gasteiger partial charge in [0.05, 0.1) is 22.7 Å². The number of nitrogens with one attached hydrogen (secondary N) is 1. The summed E-state index contributed by atoms with van der Waals surface area (Å²) in [5.74, 6) is 0.185. The number of allylic oxidation sites excluding steroid dienone is 1. The lowest BCUT2D eigenvalue weighted by Gasteiger charge is -2.39. The van der Waals surface area contributed by atoms with E-state index in [1.807, 2.05) is 18.2 Å². The number of nitro benzene ring substituents is 1. The number of rotatable bonds is 5. The number of fused-ring (bicyclic) bond motifs is 4. The number of hydrogen-bond donors (Lipinski definition) is 1. The van der Waals surface area contributed by atoms with Gasteiger partial charge in [0.25, 0.3) is 5.69 Å². The molecule has 0 saturated carbocycles. The van der Waals surface area contributed by atoms with Gasteiger partial charge in [0.15, 0.2) is 5.78 Å². The highest BCUT2D eigenvalue weighted by Crippen LogP contribution is 2.52. The molecule has 8 heteroatoms. The average molecular weight is 537 g/mol. The smallest absolute Gasteiger partial charge is 0.338 e. The molecule has 2 heterocycles. The first-order valence-electron chi connectivity index (χ1n) is 13.3. The van der Waals surface area contributed by atoms with Crippen LogP contribution in [0.3, 0.4) is 0 Å². The Labute approximate surface area is 230 Å². The molecular weight excluding hydrogens is 508 g/mol. The first-order chi connectivity index (χ1) is 19.2. The van der Waals surface area contributed by atoms with Crippen molar-refractivity contribution in [3.05, 3.63) is 99.3 Å². The normalized spacial score (nSPS) is 17.7. The first kappa shape index (κ1) is 25.6. The van der Waals surface area contributed by atoms with Gasteiger partial charge in [0, 0.05) is 29.3 Å². The number of carbonyl (C=O) groups excluding carboxylic acids is 2. The number of carbonyl (C=O) groups is 2. The van der Waals surface area contributed by atoms with E-state index in [2.05, 4.69) is 37.4 Å². The maximum Gasteiger partial charge on any atom is 0.338 e. The molecule has 0 radical (unpaired) electrons. The Hall–Kier alpha value is -4.72. The van der Waals surface area contributed by atoms with Crippen LogP contribution in [-0.4, -0.2) is 23.3 Å².